The Hall–Kier alpha value is -0.350. The first kappa shape index (κ1) is 13.7. The molecule has 88 valence electrons. The zero-order valence-corrected chi connectivity index (χ0v) is 12.8. The van der Waals surface area contributed by atoms with Gasteiger partial charge in [-0.1, -0.05) is 31.9 Å². The van der Waals surface area contributed by atoms with E-state index in [4.69, 9.17) is 0 Å². The van der Waals surface area contributed by atoms with Gasteiger partial charge in [0.1, 0.15) is 0 Å². The summed E-state index contributed by atoms with van der Waals surface area (Å²) in [6, 6.07) is 5.59. The second kappa shape index (κ2) is 5.32. The molecule has 2 nitrogen and oxygen atoms in total. The highest BCUT2D eigenvalue weighted by Gasteiger charge is 2.19. The lowest BCUT2D eigenvalue weighted by atomic mass is 10.1. The van der Waals surface area contributed by atoms with Gasteiger partial charge >= 0.3 is 0 Å². The number of amides is 1. The highest BCUT2D eigenvalue weighted by molar-refractivity contribution is 9.10. The number of hydrogen-bond acceptors (Lipinski definition) is 1. The minimum atomic E-state index is -0.238. The number of rotatable bonds is 3. The maximum Gasteiger partial charge on any atom is 0.251 e. The van der Waals surface area contributed by atoms with E-state index in [2.05, 4.69) is 37.2 Å². The van der Waals surface area contributed by atoms with E-state index in [9.17, 15) is 4.79 Å². The molecule has 16 heavy (non-hydrogen) atoms. The van der Waals surface area contributed by atoms with Gasteiger partial charge in [0.05, 0.1) is 0 Å². The maximum atomic E-state index is 11.9. The molecule has 0 aromatic heterocycles. The van der Waals surface area contributed by atoms with E-state index >= 15 is 0 Å². The van der Waals surface area contributed by atoms with Crippen molar-refractivity contribution in [3.63, 3.8) is 0 Å². The van der Waals surface area contributed by atoms with Crippen molar-refractivity contribution in [1.82, 2.24) is 5.32 Å². The van der Waals surface area contributed by atoms with Crippen LogP contribution in [0.5, 0.6) is 0 Å². The van der Waals surface area contributed by atoms with E-state index in [1.165, 1.54) is 0 Å². The summed E-state index contributed by atoms with van der Waals surface area (Å²) in [6.07, 6.45) is 0. The molecule has 1 aromatic rings. The van der Waals surface area contributed by atoms with Gasteiger partial charge in [0.15, 0.2) is 0 Å². The molecule has 1 rings (SSSR count). The second-order valence-electron chi connectivity index (χ2n) is 4.44. The summed E-state index contributed by atoms with van der Waals surface area (Å²) in [5.74, 6) is -0.0416. The molecule has 0 radical (unpaired) electrons. The summed E-state index contributed by atoms with van der Waals surface area (Å²) < 4.78 is 1.02. The number of halogens is 2. The van der Waals surface area contributed by atoms with Crippen LogP contribution in [0, 0.1) is 6.92 Å². The van der Waals surface area contributed by atoms with E-state index in [1.54, 1.807) is 0 Å². The van der Waals surface area contributed by atoms with E-state index < -0.39 is 0 Å². The number of carbonyl (C=O) groups is 1. The summed E-state index contributed by atoms with van der Waals surface area (Å²) in [4.78, 5) is 11.9. The molecule has 0 saturated carbocycles. The van der Waals surface area contributed by atoms with E-state index in [-0.39, 0.29) is 11.4 Å². The first-order chi connectivity index (χ1) is 7.35. The van der Waals surface area contributed by atoms with E-state index in [0.717, 1.165) is 15.4 Å². The predicted molar refractivity (Wildman–Crippen MR) is 74.2 cm³/mol. The molecule has 0 saturated heterocycles. The summed E-state index contributed by atoms with van der Waals surface area (Å²) >= 11 is 6.79. The Morgan fingerprint density at radius 2 is 2.06 bits per heavy atom. The fourth-order valence-corrected chi connectivity index (χ4v) is 1.59. The molecule has 0 spiro atoms. The van der Waals surface area contributed by atoms with Crippen molar-refractivity contribution in [3.8, 4) is 0 Å². The van der Waals surface area contributed by atoms with Crippen LogP contribution in [0.2, 0.25) is 0 Å². The van der Waals surface area contributed by atoms with Crippen molar-refractivity contribution in [3.05, 3.63) is 33.8 Å². The average Bonchev–Trinajstić information content (AvgIpc) is 2.21. The van der Waals surface area contributed by atoms with Crippen LogP contribution in [0.4, 0.5) is 0 Å². The topological polar surface area (TPSA) is 29.1 Å². The molecule has 0 aliphatic carbocycles. The summed E-state index contributed by atoms with van der Waals surface area (Å²) in [5, 5.41) is 3.69. The third kappa shape index (κ3) is 3.59. The fourth-order valence-electron chi connectivity index (χ4n) is 1.20. The lowest BCUT2D eigenvalue weighted by Crippen LogP contribution is -2.44. The number of benzene rings is 1. The molecule has 4 heteroatoms. The lowest BCUT2D eigenvalue weighted by molar-refractivity contribution is 0.0921. The van der Waals surface area contributed by atoms with Crippen LogP contribution in [0.25, 0.3) is 0 Å². The fraction of sp³-hybridized carbons (Fsp3) is 0.417. The molecule has 1 aromatic carbocycles. The summed E-state index contributed by atoms with van der Waals surface area (Å²) in [5.41, 5.74) is 1.51. The standard InChI is InChI=1S/C12H15Br2NO/c1-8-6-9(4-5-10(8)14)11(16)15-12(2,3)7-13/h4-6H,7H2,1-3H3,(H,15,16). The van der Waals surface area contributed by atoms with Crippen LogP contribution in [-0.2, 0) is 0 Å². The van der Waals surface area contributed by atoms with Crippen molar-refractivity contribution < 1.29 is 4.79 Å². The average molecular weight is 349 g/mol. The van der Waals surface area contributed by atoms with E-state index in [0.29, 0.717) is 5.56 Å². The van der Waals surface area contributed by atoms with Gasteiger partial charge in [0, 0.05) is 20.9 Å². The van der Waals surface area contributed by atoms with Gasteiger partial charge < -0.3 is 5.32 Å². The molecule has 0 unspecified atom stereocenters. The van der Waals surface area contributed by atoms with Gasteiger partial charge in [-0.25, -0.2) is 0 Å². The molecule has 0 aliphatic rings. The molecule has 0 fully saturated rings. The van der Waals surface area contributed by atoms with E-state index in [1.807, 2.05) is 39.0 Å². The molecular weight excluding hydrogens is 334 g/mol. The van der Waals surface area contributed by atoms with Crippen LogP contribution < -0.4 is 5.32 Å². The van der Waals surface area contributed by atoms with Gasteiger partial charge in [-0.2, -0.15) is 0 Å². The van der Waals surface area contributed by atoms with Gasteiger partial charge in [0.2, 0.25) is 0 Å². The van der Waals surface area contributed by atoms with Gasteiger partial charge in [-0.3, -0.25) is 4.79 Å². The minimum absolute atomic E-state index is 0.0416. The van der Waals surface area contributed by atoms with Gasteiger partial charge in [-0.05, 0) is 44.5 Å². The van der Waals surface area contributed by atoms with Crippen LogP contribution >= 0.6 is 31.9 Å². The van der Waals surface area contributed by atoms with Crippen LogP contribution in [0.3, 0.4) is 0 Å². The predicted octanol–water partition coefficient (Wildman–Crippen LogP) is 3.66. The molecule has 1 amide bonds. The van der Waals surface area contributed by atoms with Gasteiger partial charge in [0.25, 0.3) is 5.91 Å². The quantitative estimate of drug-likeness (QED) is 0.830. The van der Waals surface area contributed by atoms with Crippen molar-refractivity contribution in [2.45, 2.75) is 26.3 Å². The maximum absolute atomic E-state index is 11.9. The Kier molecular flexibility index (Phi) is 4.56. The van der Waals surface area contributed by atoms with Crippen LogP contribution in [-0.4, -0.2) is 16.8 Å². The van der Waals surface area contributed by atoms with Crippen molar-refractivity contribution in [2.24, 2.45) is 0 Å². The number of hydrogen-bond donors (Lipinski definition) is 1. The Bertz CT molecular complexity index is 402. The Labute approximate surface area is 113 Å². The van der Waals surface area contributed by atoms with Gasteiger partial charge in [-0.15, -0.1) is 0 Å². The number of alkyl halides is 1. The minimum Gasteiger partial charge on any atom is -0.346 e. The van der Waals surface area contributed by atoms with Crippen molar-refractivity contribution in [2.75, 3.05) is 5.33 Å². The Morgan fingerprint density at radius 3 is 2.56 bits per heavy atom. The second-order valence-corrected chi connectivity index (χ2v) is 5.85. The smallest absolute Gasteiger partial charge is 0.251 e. The highest BCUT2D eigenvalue weighted by atomic mass is 79.9. The van der Waals surface area contributed by atoms with Crippen molar-refractivity contribution in [1.29, 1.82) is 0 Å². The zero-order chi connectivity index (χ0) is 12.3. The SMILES string of the molecule is Cc1cc(C(=O)NC(C)(C)CBr)ccc1Br. The molecule has 0 aliphatic heterocycles. The third-order valence-corrected chi connectivity index (χ3v) is 4.50. The van der Waals surface area contributed by atoms with Crippen LogP contribution in [0.15, 0.2) is 22.7 Å². The molecule has 0 bridgehead atoms. The molecular formula is C12H15Br2NO. The molecule has 1 N–H and O–H groups in total. The summed E-state index contributed by atoms with van der Waals surface area (Å²) in [6.45, 7) is 5.92. The monoisotopic (exact) mass is 347 g/mol. The zero-order valence-electron chi connectivity index (χ0n) is 9.60. The number of carbonyl (C=O) groups excluding carboxylic acids is 1. The Balaban J connectivity index is 2.85. The lowest BCUT2D eigenvalue weighted by Gasteiger charge is -2.23. The summed E-state index contributed by atoms with van der Waals surface area (Å²) in [7, 11) is 0. The molecule has 0 atom stereocenters. The first-order valence-corrected chi connectivity index (χ1v) is 6.92. The van der Waals surface area contributed by atoms with Crippen LogP contribution in [0.1, 0.15) is 29.8 Å². The molecule has 0 heterocycles. The normalized spacial score (nSPS) is 11.3. The van der Waals surface area contributed by atoms with Crippen molar-refractivity contribution >= 4 is 37.8 Å². The number of nitrogens with one attached hydrogen (secondary N) is 1. The first-order valence-electron chi connectivity index (χ1n) is 5.00. The third-order valence-electron chi connectivity index (χ3n) is 2.21. The highest BCUT2D eigenvalue weighted by Crippen LogP contribution is 2.17. The number of aryl methyl sites for hydroxylation is 1. The largest absolute Gasteiger partial charge is 0.346 e. The Morgan fingerprint density at radius 1 is 1.44 bits per heavy atom.